The molecule has 12 nitrogen and oxygen atoms in total. The van der Waals surface area contributed by atoms with Crippen molar-refractivity contribution in [3.63, 3.8) is 0 Å². The number of aliphatic hydroxyl groups is 10. The van der Waals surface area contributed by atoms with Gasteiger partial charge in [-0.2, -0.15) is 0 Å². The number of ether oxygens (including phenoxy) is 2. The summed E-state index contributed by atoms with van der Waals surface area (Å²) >= 11 is 0. The van der Waals surface area contributed by atoms with E-state index in [0.717, 1.165) is 0 Å². The highest BCUT2D eigenvalue weighted by atomic mass is 33.1. The van der Waals surface area contributed by atoms with Crippen LogP contribution in [0.1, 0.15) is 0 Å². The number of hydrogen-bond donors (Lipinski definition) is 10. The summed E-state index contributed by atoms with van der Waals surface area (Å²) in [4.78, 5) is 0. The van der Waals surface area contributed by atoms with Crippen LogP contribution >= 0.6 is 21.6 Å². The number of rotatable bonds is 5. The van der Waals surface area contributed by atoms with Crippen LogP contribution in [0.15, 0.2) is 0 Å². The summed E-state index contributed by atoms with van der Waals surface area (Å²) in [6.45, 7) is -1.61. The molecule has 2 aliphatic rings. The summed E-state index contributed by atoms with van der Waals surface area (Å²) in [5, 5.41) is 92.5. The van der Waals surface area contributed by atoms with Gasteiger partial charge in [-0.1, -0.05) is 0 Å². The van der Waals surface area contributed by atoms with Crippen LogP contribution < -0.4 is 0 Å². The molecule has 0 amide bonds. The second-order valence-corrected chi connectivity index (χ2v) is 8.46. The molecule has 2 aliphatic heterocycles. The third-order valence-electron chi connectivity index (χ3n) is 4.14. The molecule has 0 radical (unpaired) electrons. The Hall–Kier alpha value is 0.220. The molecule has 0 bridgehead atoms. The van der Waals surface area contributed by atoms with Crippen molar-refractivity contribution in [3.05, 3.63) is 0 Å². The van der Waals surface area contributed by atoms with Gasteiger partial charge in [0.15, 0.2) is 0 Å². The van der Waals surface area contributed by atoms with Crippen molar-refractivity contribution in [1.29, 1.82) is 0 Å². The lowest BCUT2D eigenvalue weighted by atomic mass is 9.99. The SMILES string of the molecule is OC[C@H]1OC(O)(SSC2(O)O[C@H](CO)[C@H](O)[C@H](O)[C@H]2O)[C@H](O)[C@@H](O)[C@H]1O. The second-order valence-electron chi connectivity index (χ2n) is 5.96. The van der Waals surface area contributed by atoms with E-state index in [4.69, 9.17) is 19.7 Å². The Morgan fingerprint density at radius 3 is 1.19 bits per heavy atom. The van der Waals surface area contributed by atoms with Crippen LogP contribution in [0.4, 0.5) is 0 Å². The van der Waals surface area contributed by atoms with Gasteiger partial charge >= 0.3 is 0 Å². The van der Waals surface area contributed by atoms with Gasteiger partial charge in [0.1, 0.15) is 48.8 Å². The van der Waals surface area contributed by atoms with Crippen molar-refractivity contribution in [1.82, 2.24) is 0 Å². The third kappa shape index (κ3) is 3.99. The van der Waals surface area contributed by atoms with E-state index in [1.54, 1.807) is 0 Å². The highest BCUT2D eigenvalue weighted by molar-refractivity contribution is 8.77. The zero-order chi connectivity index (χ0) is 19.9. The zero-order valence-corrected chi connectivity index (χ0v) is 14.8. The van der Waals surface area contributed by atoms with Gasteiger partial charge in [-0.25, -0.2) is 0 Å². The first-order valence-electron chi connectivity index (χ1n) is 7.48. The molecule has 0 spiro atoms. The Labute approximate surface area is 155 Å². The van der Waals surface area contributed by atoms with Gasteiger partial charge < -0.3 is 60.5 Å². The fraction of sp³-hybridized carbons (Fsp3) is 1.00. The lowest BCUT2D eigenvalue weighted by Crippen LogP contribution is -2.65. The fourth-order valence-electron chi connectivity index (χ4n) is 2.51. The molecule has 2 saturated heterocycles. The molecule has 10 N–H and O–H groups in total. The topological polar surface area (TPSA) is 221 Å². The summed E-state index contributed by atoms with van der Waals surface area (Å²) in [5.41, 5.74) is 0. The normalized spacial score (nSPS) is 52.8. The first kappa shape index (κ1) is 22.5. The van der Waals surface area contributed by atoms with Crippen LogP contribution in [-0.2, 0) is 9.47 Å². The molecule has 2 rings (SSSR count). The summed E-state index contributed by atoms with van der Waals surface area (Å²) in [5.74, 6) is 0. The van der Waals surface area contributed by atoms with Gasteiger partial charge in [0.2, 0.25) is 0 Å². The molecule has 154 valence electrons. The fourth-order valence-corrected chi connectivity index (χ4v) is 5.09. The Kier molecular flexibility index (Phi) is 7.19. The van der Waals surface area contributed by atoms with E-state index in [0.29, 0.717) is 0 Å². The molecule has 26 heavy (non-hydrogen) atoms. The Balaban J connectivity index is 2.14. The van der Waals surface area contributed by atoms with E-state index in [2.05, 4.69) is 0 Å². The second kappa shape index (κ2) is 8.30. The summed E-state index contributed by atoms with van der Waals surface area (Å²) < 4.78 is 9.94. The predicted octanol–water partition coefficient (Wildman–Crippen LogP) is -5.39. The molecule has 14 heteroatoms. The molecule has 2 unspecified atom stereocenters. The van der Waals surface area contributed by atoms with E-state index < -0.39 is 72.3 Å². The van der Waals surface area contributed by atoms with Gasteiger partial charge in [0.25, 0.3) is 10.2 Å². The van der Waals surface area contributed by atoms with E-state index >= 15 is 0 Å². The van der Waals surface area contributed by atoms with E-state index in [1.165, 1.54) is 0 Å². The van der Waals surface area contributed by atoms with Gasteiger partial charge in [-0.15, -0.1) is 0 Å². The van der Waals surface area contributed by atoms with Crippen molar-refractivity contribution >= 4 is 21.6 Å². The maximum Gasteiger partial charge on any atom is 0.256 e. The highest BCUT2D eigenvalue weighted by Gasteiger charge is 2.58. The Morgan fingerprint density at radius 1 is 0.615 bits per heavy atom. The quantitative estimate of drug-likeness (QED) is 0.148. The smallest absolute Gasteiger partial charge is 0.256 e. The Bertz CT molecular complexity index is 441. The molecular formula is C12H22O12S2. The van der Waals surface area contributed by atoms with Crippen molar-refractivity contribution in [2.24, 2.45) is 0 Å². The van der Waals surface area contributed by atoms with E-state index in [-0.39, 0.29) is 21.6 Å². The minimum atomic E-state index is -2.65. The molecular weight excluding hydrogens is 400 g/mol. The van der Waals surface area contributed by atoms with Crippen molar-refractivity contribution in [3.8, 4) is 0 Å². The molecule has 0 aromatic rings. The van der Waals surface area contributed by atoms with Gasteiger partial charge in [-0.05, 0) is 21.6 Å². The van der Waals surface area contributed by atoms with Crippen LogP contribution in [0.5, 0.6) is 0 Å². The third-order valence-corrected chi connectivity index (χ3v) is 7.06. The van der Waals surface area contributed by atoms with Crippen molar-refractivity contribution in [2.45, 2.75) is 59.1 Å². The van der Waals surface area contributed by atoms with Gasteiger partial charge in [-0.3, -0.25) is 0 Å². The molecule has 0 aliphatic carbocycles. The number of aliphatic hydroxyl groups excluding tert-OH is 8. The maximum atomic E-state index is 10.4. The van der Waals surface area contributed by atoms with E-state index in [1.807, 2.05) is 0 Å². The average Bonchev–Trinajstić information content (AvgIpc) is 2.63. The minimum absolute atomic E-state index is 0.166. The van der Waals surface area contributed by atoms with Crippen LogP contribution in [0, 0.1) is 0 Å². The summed E-state index contributed by atoms with van der Waals surface area (Å²) in [7, 11) is 0.332. The molecule has 2 heterocycles. The maximum absolute atomic E-state index is 10.4. The molecule has 0 aromatic carbocycles. The Morgan fingerprint density at radius 2 is 0.923 bits per heavy atom. The first-order valence-corrected chi connectivity index (χ1v) is 9.63. The predicted molar refractivity (Wildman–Crippen MR) is 85.0 cm³/mol. The molecule has 0 saturated carbocycles. The zero-order valence-electron chi connectivity index (χ0n) is 13.1. The molecule has 2 fully saturated rings. The van der Waals surface area contributed by atoms with Gasteiger partial charge in [0.05, 0.1) is 13.2 Å². The first-order chi connectivity index (χ1) is 12.0. The van der Waals surface area contributed by atoms with Gasteiger partial charge in [0, 0.05) is 0 Å². The van der Waals surface area contributed by atoms with Crippen LogP contribution in [0.2, 0.25) is 0 Å². The standard InChI is InChI=1S/C12H22O12S2/c13-1-3-5(15)7(17)9(19)11(21,23-3)25-26-12(22)10(20)8(18)6(16)4(2-14)24-12/h3-10,13-22H,1-2H2/t3-,4-,5+,6+,7+,8+,9-,10-,11?,12?/m1/s1. The minimum Gasteiger partial charge on any atom is -0.394 e. The van der Waals surface area contributed by atoms with Crippen LogP contribution in [0.25, 0.3) is 0 Å². The molecule has 0 aromatic heterocycles. The van der Waals surface area contributed by atoms with E-state index in [9.17, 15) is 40.9 Å². The average molecular weight is 422 g/mol. The molecule has 10 atom stereocenters. The largest absolute Gasteiger partial charge is 0.394 e. The highest BCUT2D eigenvalue weighted by Crippen LogP contribution is 2.50. The number of hydrogen-bond acceptors (Lipinski definition) is 14. The summed E-state index contributed by atoms with van der Waals surface area (Å²) in [6.07, 6.45) is -14.3. The lowest BCUT2D eigenvalue weighted by Gasteiger charge is -2.47. The summed E-state index contributed by atoms with van der Waals surface area (Å²) in [6, 6.07) is 0. The van der Waals surface area contributed by atoms with Crippen molar-refractivity contribution in [2.75, 3.05) is 13.2 Å². The monoisotopic (exact) mass is 422 g/mol. The van der Waals surface area contributed by atoms with Crippen LogP contribution in [-0.4, -0.2) is 123 Å². The van der Waals surface area contributed by atoms with Crippen molar-refractivity contribution < 1.29 is 60.5 Å². The lowest BCUT2D eigenvalue weighted by molar-refractivity contribution is -0.307. The van der Waals surface area contributed by atoms with Crippen LogP contribution in [0.3, 0.4) is 0 Å².